The van der Waals surface area contributed by atoms with Crippen molar-refractivity contribution in [3.63, 3.8) is 0 Å². The van der Waals surface area contributed by atoms with Crippen LogP contribution in [0.15, 0.2) is 36.4 Å². The topological polar surface area (TPSA) is 36.9 Å². The number of benzene rings is 2. The minimum atomic E-state index is 0.724. The molecule has 21 heavy (non-hydrogen) atoms. The Labute approximate surface area is 125 Å². The van der Waals surface area contributed by atoms with Crippen molar-refractivity contribution in [1.29, 1.82) is 0 Å². The highest BCUT2D eigenvalue weighted by Gasteiger charge is 2.17. The molecule has 4 nitrogen and oxygen atoms in total. The van der Waals surface area contributed by atoms with Gasteiger partial charge in [-0.15, -0.1) is 0 Å². The summed E-state index contributed by atoms with van der Waals surface area (Å²) in [7, 11) is 6.52. The van der Waals surface area contributed by atoms with E-state index in [1.807, 2.05) is 42.8 Å². The molecule has 111 valence electrons. The number of methoxy groups -OCH3 is 4. The molecule has 0 fully saturated rings. The van der Waals surface area contributed by atoms with E-state index in [0.29, 0.717) is 0 Å². The summed E-state index contributed by atoms with van der Waals surface area (Å²) in [5.41, 5.74) is 1.68. The van der Waals surface area contributed by atoms with E-state index in [1.54, 1.807) is 28.4 Å². The Balaban J connectivity index is 2.52. The van der Waals surface area contributed by atoms with E-state index in [1.165, 1.54) is 0 Å². The minimum absolute atomic E-state index is 0.724. The summed E-state index contributed by atoms with van der Waals surface area (Å²) in [6.45, 7) is 0. The lowest BCUT2D eigenvalue weighted by atomic mass is 10.0. The zero-order valence-electron chi connectivity index (χ0n) is 12.7. The summed E-state index contributed by atoms with van der Waals surface area (Å²) in [5, 5.41) is 0. The maximum Gasteiger partial charge on any atom is 0.126 e. The van der Waals surface area contributed by atoms with E-state index in [-0.39, 0.29) is 0 Å². The van der Waals surface area contributed by atoms with Crippen LogP contribution in [0.4, 0.5) is 0 Å². The van der Waals surface area contributed by atoms with Crippen LogP contribution in [0.1, 0.15) is 11.1 Å². The summed E-state index contributed by atoms with van der Waals surface area (Å²) < 4.78 is 21.7. The van der Waals surface area contributed by atoms with Crippen LogP contribution in [0, 0.1) is 6.42 Å². The smallest absolute Gasteiger partial charge is 0.126 e. The quantitative estimate of drug-likeness (QED) is 0.816. The highest BCUT2D eigenvalue weighted by atomic mass is 16.5. The number of rotatable bonds is 6. The summed E-state index contributed by atoms with van der Waals surface area (Å²) in [6.07, 6.45) is 1.94. The normalized spacial score (nSPS) is 10.1. The summed E-state index contributed by atoms with van der Waals surface area (Å²) >= 11 is 0. The highest BCUT2D eigenvalue weighted by molar-refractivity contribution is 5.60. The summed E-state index contributed by atoms with van der Waals surface area (Å²) in [5.74, 6) is 2.90. The lowest BCUT2D eigenvalue weighted by Crippen LogP contribution is -2.00. The Hall–Kier alpha value is -2.36. The van der Waals surface area contributed by atoms with Crippen molar-refractivity contribution in [2.75, 3.05) is 28.4 Å². The van der Waals surface area contributed by atoms with Gasteiger partial charge in [0.05, 0.1) is 28.4 Å². The van der Waals surface area contributed by atoms with Crippen LogP contribution in [-0.4, -0.2) is 28.4 Å². The number of hydrogen-bond donors (Lipinski definition) is 0. The average Bonchev–Trinajstić information content (AvgIpc) is 2.55. The van der Waals surface area contributed by atoms with E-state index >= 15 is 0 Å². The fourth-order valence-electron chi connectivity index (χ4n) is 2.19. The summed E-state index contributed by atoms with van der Waals surface area (Å²) in [4.78, 5) is 0. The molecule has 0 aliphatic carbocycles. The second kappa shape index (κ2) is 6.88. The van der Waals surface area contributed by atoms with Gasteiger partial charge in [0.2, 0.25) is 0 Å². The van der Waals surface area contributed by atoms with Gasteiger partial charge in [-0.05, 0) is 24.3 Å². The fraction of sp³-hybridized carbons (Fsp3) is 0.235. The zero-order chi connectivity index (χ0) is 15.2. The monoisotopic (exact) mass is 287 g/mol. The van der Waals surface area contributed by atoms with Crippen LogP contribution in [0.25, 0.3) is 0 Å². The van der Waals surface area contributed by atoms with Crippen molar-refractivity contribution >= 4 is 0 Å². The molecular weight excluding hydrogens is 268 g/mol. The first-order valence-electron chi connectivity index (χ1n) is 6.51. The predicted octanol–water partition coefficient (Wildman–Crippen LogP) is 3.32. The molecule has 4 heteroatoms. The summed E-state index contributed by atoms with van der Waals surface area (Å²) in [6, 6.07) is 11.3. The van der Waals surface area contributed by atoms with Crippen molar-refractivity contribution in [3.05, 3.63) is 53.9 Å². The van der Waals surface area contributed by atoms with E-state index < -0.39 is 0 Å². The second-order valence-electron chi connectivity index (χ2n) is 4.30. The molecule has 2 rings (SSSR count). The molecule has 2 aromatic rings. The van der Waals surface area contributed by atoms with Crippen molar-refractivity contribution in [2.24, 2.45) is 0 Å². The first-order chi connectivity index (χ1) is 10.2. The molecule has 0 N–H and O–H groups in total. The van der Waals surface area contributed by atoms with Crippen molar-refractivity contribution in [1.82, 2.24) is 0 Å². The standard InChI is InChI=1S/C17H19O4/c1-18-14-7-5-8-15(19-2)12(14)11-13-16(20-3)9-6-10-17(13)21-4/h5-11H,1-4H3. The molecule has 0 aliphatic heterocycles. The third kappa shape index (κ3) is 3.05. The Bertz CT molecular complexity index is 510. The molecular formula is C17H19O4. The van der Waals surface area contributed by atoms with Crippen LogP contribution in [0.2, 0.25) is 0 Å². The number of hydrogen-bond acceptors (Lipinski definition) is 4. The maximum absolute atomic E-state index is 5.41. The van der Waals surface area contributed by atoms with Crippen LogP contribution in [0.3, 0.4) is 0 Å². The van der Waals surface area contributed by atoms with Gasteiger partial charge in [0.1, 0.15) is 23.0 Å². The van der Waals surface area contributed by atoms with Crippen LogP contribution in [0.5, 0.6) is 23.0 Å². The Kier molecular flexibility index (Phi) is 4.93. The largest absolute Gasteiger partial charge is 0.496 e. The van der Waals surface area contributed by atoms with Gasteiger partial charge >= 0.3 is 0 Å². The predicted molar refractivity (Wildman–Crippen MR) is 81.6 cm³/mol. The molecule has 0 bridgehead atoms. The SMILES string of the molecule is COc1cccc(OC)c1[CH]c1c(OC)cccc1OC. The zero-order valence-corrected chi connectivity index (χ0v) is 12.7. The Morgan fingerprint density at radius 2 is 0.857 bits per heavy atom. The van der Waals surface area contributed by atoms with Crippen LogP contribution >= 0.6 is 0 Å². The molecule has 0 heterocycles. The number of ether oxygens (including phenoxy) is 4. The van der Waals surface area contributed by atoms with Crippen molar-refractivity contribution < 1.29 is 18.9 Å². The lowest BCUT2D eigenvalue weighted by molar-refractivity contribution is 0.384. The third-order valence-electron chi connectivity index (χ3n) is 3.22. The van der Waals surface area contributed by atoms with Gasteiger partial charge in [-0.2, -0.15) is 0 Å². The van der Waals surface area contributed by atoms with E-state index in [9.17, 15) is 0 Å². The molecule has 0 amide bonds. The molecule has 0 saturated carbocycles. The Morgan fingerprint density at radius 3 is 1.10 bits per heavy atom. The molecule has 0 saturated heterocycles. The average molecular weight is 287 g/mol. The fourth-order valence-corrected chi connectivity index (χ4v) is 2.19. The van der Waals surface area contributed by atoms with Gasteiger partial charge in [-0.25, -0.2) is 0 Å². The lowest BCUT2D eigenvalue weighted by Gasteiger charge is -2.16. The Morgan fingerprint density at radius 1 is 0.571 bits per heavy atom. The van der Waals surface area contributed by atoms with Crippen molar-refractivity contribution in [2.45, 2.75) is 0 Å². The molecule has 2 aromatic carbocycles. The van der Waals surface area contributed by atoms with Crippen molar-refractivity contribution in [3.8, 4) is 23.0 Å². The minimum Gasteiger partial charge on any atom is -0.496 e. The highest BCUT2D eigenvalue weighted by Crippen LogP contribution is 2.38. The molecule has 0 aliphatic rings. The van der Waals surface area contributed by atoms with Gasteiger partial charge in [0.25, 0.3) is 0 Å². The molecule has 0 aromatic heterocycles. The first kappa shape index (κ1) is 15.0. The molecule has 1 radical (unpaired) electrons. The second-order valence-corrected chi connectivity index (χ2v) is 4.30. The molecule has 0 spiro atoms. The van der Waals surface area contributed by atoms with Gasteiger partial charge in [-0.3, -0.25) is 0 Å². The van der Waals surface area contributed by atoms with E-state index in [4.69, 9.17) is 18.9 Å². The third-order valence-corrected chi connectivity index (χ3v) is 3.22. The first-order valence-corrected chi connectivity index (χ1v) is 6.51. The van der Waals surface area contributed by atoms with Crippen LogP contribution in [-0.2, 0) is 0 Å². The maximum atomic E-state index is 5.41. The molecule has 0 unspecified atom stereocenters. The molecule has 0 atom stereocenters. The van der Waals surface area contributed by atoms with Crippen LogP contribution < -0.4 is 18.9 Å². The van der Waals surface area contributed by atoms with Gasteiger partial charge in [0.15, 0.2) is 0 Å². The van der Waals surface area contributed by atoms with E-state index in [0.717, 1.165) is 34.1 Å². The van der Waals surface area contributed by atoms with Gasteiger partial charge < -0.3 is 18.9 Å². The van der Waals surface area contributed by atoms with E-state index in [2.05, 4.69) is 0 Å². The van der Waals surface area contributed by atoms with Gasteiger partial charge in [-0.1, -0.05) is 12.1 Å². The van der Waals surface area contributed by atoms with Gasteiger partial charge in [0, 0.05) is 17.5 Å².